The molecule has 1 saturated carbocycles. The predicted molar refractivity (Wildman–Crippen MR) is 67.5 cm³/mol. The molecular weight excluding hydrogens is 230 g/mol. The van der Waals surface area contributed by atoms with E-state index in [4.69, 9.17) is 4.74 Å². The number of rotatable bonds is 3. The molecule has 0 bridgehead atoms. The summed E-state index contributed by atoms with van der Waals surface area (Å²) in [6.45, 7) is 0. The molecule has 0 radical (unpaired) electrons. The second kappa shape index (κ2) is 6.38. The van der Waals surface area contributed by atoms with Crippen LogP contribution >= 0.6 is 0 Å². The van der Waals surface area contributed by atoms with Gasteiger partial charge in [-0.2, -0.15) is 0 Å². The van der Waals surface area contributed by atoms with Crippen molar-refractivity contribution in [1.29, 1.82) is 0 Å². The van der Waals surface area contributed by atoms with E-state index >= 15 is 0 Å². The van der Waals surface area contributed by atoms with Crippen molar-refractivity contribution in [2.75, 3.05) is 7.11 Å². The molecule has 0 N–H and O–H groups in total. The molecule has 4 heteroatoms. The van der Waals surface area contributed by atoms with Crippen molar-refractivity contribution in [1.82, 2.24) is 4.98 Å². The van der Waals surface area contributed by atoms with Crippen LogP contribution in [0.4, 0.5) is 4.79 Å². The monoisotopic (exact) mass is 249 g/mol. The minimum atomic E-state index is -0.734. The smallest absolute Gasteiger partial charge is 0.437 e. The Kier molecular flexibility index (Phi) is 4.56. The normalized spacial score (nSPS) is 16.3. The third kappa shape index (κ3) is 3.72. The number of hydrogen-bond acceptors (Lipinski definition) is 4. The van der Waals surface area contributed by atoms with Crippen LogP contribution in [0.15, 0.2) is 18.3 Å². The topological polar surface area (TPSA) is 48.4 Å². The fourth-order valence-electron chi connectivity index (χ4n) is 2.44. The highest BCUT2D eigenvalue weighted by Crippen LogP contribution is 2.26. The molecule has 18 heavy (non-hydrogen) atoms. The molecule has 0 saturated heterocycles. The Bertz CT molecular complexity index is 383. The zero-order chi connectivity index (χ0) is 12.8. The summed E-state index contributed by atoms with van der Waals surface area (Å²) in [5.74, 6) is 1.07. The molecule has 0 atom stereocenters. The minimum Gasteiger partial charge on any atom is -0.437 e. The van der Waals surface area contributed by atoms with E-state index < -0.39 is 6.16 Å². The number of nitrogens with zero attached hydrogens (tertiary/aromatic N) is 1. The molecule has 0 unspecified atom stereocenters. The maximum absolute atomic E-state index is 10.9. The van der Waals surface area contributed by atoms with E-state index in [1.54, 1.807) is 12.3 Å². The van der Waals surface area contributed by atoms with E-state index in [9.17, 15) is 4.79 Å². The van der Waals surface area contributed by atoms with Gasteiger partial charge in [-0.25, -0.2) is 9.78 Å². The van der Waals surface area contributed by atoms with Gasteiger partial charge in [0, 0.05) is 12.3 Å². The highest BCUT2D eigenvalue weighted by molar-refractivity contribution is 5.62. The van der Waals surface area contributed by atoms with Crippen molar-refractivity contribution in [3.63, 3.8) is 0 Å². The fourth-order valence-corrected chi connectivity index (χ4v) is 2.44. The Morgan fingerprint density at radius 3 is 2.72 bits per heavy atom. The molecule has 1 aliphatic carbocycles. The van der Waals surface area contributed by atoms with Gasteiger partial charge in [0.25, 0.3) is 0 Å². The molecule has 0 spiro atoms. The molecule has 0 aromatic carbocycles. The molecule has 2 rings (SSSR count). The summed E-state index contributed by atoms with van der Waals surface area (Å²) in [4.78, 5) is 15.0. The lowest BCUT2D eigenvalue weighted by Gasteiger charge is -2.21. The Morgan fingerprint density at radius 2 is 2.11 bits per heavy atom. The summed E-state index contributed by atoms with van der Waals surface area (Å²) in [7, 11) is 1.28. The van der Waals surface area contributed by atoms with Crippen LogP contribution in [0.2, 0.25) is 0 Å². The average Bonchev–Trinajstić information content (AvgIpc) is 2.42. The van der Waals surface area contributed by atoms with Crippen LogP contribution in [0.3, 0.4) is 0 Å². The van der Waals surface area contributed by atoms with Crippen LogP contribution in [0.1, 0.15) is 37.7 Å². The zero-order valence-corrected chi connectivity index (χ0v) is 10.7. The lowest BCUT2D eigenvalue weighted by Crippen LogP contribution is -2.10. The van der Waals surface area contributed by atoms with Gasteiger partial charge in [-0.3, -0.25) is 0 Å². The van der Waals surface area contributed by atoms with Crippen molar-refractivity contribution in [2.24, 2.45) is 5.92 Å². The number of ether oxygens (including phenoxy) is 2. The number of aromatic nitrogens is 1. The maximum Gasteiger partial charge on any atom is 0.514 e. The standard InChI is InChI=1S/C14H19NO3/c1-17-14(16)18-13-8-7-12(10-15-13)9-11-5-3-2-4-6-11/h7-8,10-11H,2-6,9H2,1H3. The molecule has 1 heterocycles. The molecule has 4 nitrogen and oxygen atoms in total. The van der Waals surface area contributed by atoms with E-state index in [-0.39, 0.29) is 5.88 Å². The van der Waals surface area contributed by atoms with E-state index in [2.05, 4.69) is 9.72 Å². The Labute approximate surface area is 107 Å². The first-order valence-electron chi connectivity index (χ1n) is 6.48. The van der Waals surface area contributed by atoms with Gasteiger partial charge in [0.2, 0.25) is 5.88 Å². The second-order valence-corrected chi connectivity index (χ2v) is 4.77. The number of carbonyl (C=O) groups is 1. The minimum absolute atomic E-state index is 0.286. The van der Waals surface area contributed by atoms with Crippen molar-refractivity contribution in [2.45, 2.75) is 38.5 Å². The Balaban J connectivity index is 1.88. The molecule has 0 amide bonds. The number of pyridine rings is 1. The van der Waals surface area contributed by atoms with E-state index in [0.717, 1.165) is 12.3 Å². The Hall–Kier alpha value is -1.58. The summed E-state index contributed by atoms with van der Waals surface area (Å²) in [6.07, 6.45) is 8.84. The molecule has 1 aromatic rings. The van der Waals surface area contributed by atoms with Crippen LogP contribution in [0, 0.1) is 5.92 Å². The zero-order valence-electron chi connectivity index (χ0n) is 10.7. The number of hydrogen-bond donors (Lipinski definition) is 0. The predicted octanol–water partition coefficient (Wildman–Crippen LogP) is 3.35. The van der Waals surface area contributed by atoms with E-state index in [1.807, 2.05) is 6.07 Å². The quantitative estimate of drug-likeness (QED) is 0.771. The van der Waals surface area contributed by atoms with Crippen molar-refractivity contribution in [3.8, 4) is 5.88 Å². The van der Waals surface area contributed by atoms with Crippen molar-refractivity contribution < 1.29 is 14.3 Å². The molecular formula is C14H19NO3. The molecule has 1 aromatic heterocycles. The molecule has 0 aliphatic heterocycles. The molecule has 98 valence electrons. The van der Waals surface area contributed by atoms with E-state index in [1.165, 1.54) is 44.8 Å². The molecule has 1 aliphatic rings. The first kappa shape index (κ1) is 12.9. The second-order valence-electron chi connectivity index (χ2n) is 4.77. The van der Waals surface area contributed by atoms with Crippen LogP contribution < -0.4 is 4.74 Å². The van der Waals surface area contributed by atoms with Gasteiger partial charge in [-0.1, -0.05) is 38.2 Å². The summed E-state index contributed by atoms with van der Waals surface area (Å²) in [6, 6.07) is 3.69. The van der Waals surface area contributed by atoms with Gasteiger partial charge in [0.05, 0.1) is 7.11 Å². The number of carbonyl (C=O) groups excluding carboxylic acids is 1. The van der Waals surface area contributed by atoms with Crippen molar-refractivity contribution in [3.05, 3.63) is 23.9 Å². The number of methoxy groups -OCH3 is 1. The van der Waals surface area contributed by atoms with Gasteiger partial charge in [-0.05, 0) is 17.9 Å². The van der Waals surface area contributed by atoms with Gasteiger partial charge < -0.3 is 9.47 Å². The van der Waals surface area contributed by atoms with Crippen LogP contribution in [0.25, 0.3) is 0 Å². The SMILES string of the molecule is COC(=O)Oc1ccc(CC2CCCCC2)cn1. The first-order chi connectivity index (χ1) is 8.78. The first-order valence-corrected chi connectivity index (χ1v) is 6.48. The van der Waals surface area contributed by atoms with Gasteiger partial charge in [-0.15, -0.1) is 0 Å². The summed E-state index contributed by atoms with van der Waals surface area (Å²) >= 11 is 0. The van der Waals surface area contributed by atoms with E-state index in [0.29, 0.717) is 0 Å². The van der Waals surface area contributed by atoms with Crippen LogP contribution in [-0.4, -0.2) is 18.2 Å². The lowest BCUT2D eigenvalue weighted by atomic mass is 9.85. The third-order valence-electron chi connectivity index (χ3n) is 3.40. The van der Waals surface area contributed by atoms with Gasteiger partial charge in [0.1, 0.15) is 0 Å². The summed E-state index contributed by atoms with van der Waals surface area (Å²) in [5.41, 5.74) is 1.21. The third-order valence-corrected chi connectivity index (χ3v) is 3.40. The highest BCUT2D eigenvalue weighted by atomic mass is 16.7. The van der Waals surface area contributed by atoms with Crippen LogP contribution in [0.5, 0.6) is 5.88 Å². The Morgan fingerprint density at radius 1 is 1.33 bits per heavy atom. The maximum atomic E-state index is 10.9. The van der Waals surface area contributed by atoms with Gasteiger partial charge in [0.15, 0.2) is 0 Å². The largest absolute Gasteiger partial charge is 0.514 e. The molecule has 1 fully saturated rings. The summed E-state index contributed by atoms with van der Waals surface area (Å²) < 4.78 is 9.24. The fraction of sp³-hybridized carbons (Fsp3) is 0.571. The highest BCUT2D eigenvalue weighted by Gasteiger charge is 2.14. The van der Waals surface area contributed by atoms with Crippen LogP contribution in [-0.2, 0) is 11.2 Å². The van der Waals surface area contributed by atoms with Crippen molar-refractivity contribution >= 4 is 6.16 Å². The lowest BCUT2D eigenvalue weighted by molar-refractivity contribution is 0.119. The van der Waals surface area contributed by atoms with Gasteiger partial charge >= 0.3 is 6.16 Å². The summed E-state index contributed by atoms with van der Waals surface area (Å²) in [5, 5.41) is 0. The average molecular weight is 249 g/mol.